The Morgan fingerprint density at radius 3 is 2.39 bits per heavy atom. The van der Waals surface area contributed by atoms with Gasteiger partial charge in [-0.15, -0.1) is 0 Å². The summed E-state index contributed by atoms with van der Waals surface area (Å²) in [7, 11) is 0. The number of anilines is 1. The quantitative estimate of drug-likeness (QED) is 0.699. The van der Waals surface area contributed by atoms with Crippen molar-refractivity contribution in [3.8, 4) is 0 Å². The summed E-state index contributed by atoms with van der Waals surface area (Å²) in [6.45, 7) is 5.12. The largest absolute Gasteiger partial charge is 0.353 e. The highest BCUT2D eigenvalue weighted by atomic mass is 35.5. The van der Waals surface area contributed by atoms with E-state index in [-0.39, 0.29) is 29.7 Å². The number of nitrogens with zero attached hydrogens (tertiary/aromatic N) is 1. The van der Waals surface area contributed by atoms with Gasteiger partial charge in [0.15, 0.2) is 0 Å². The Balaban J connectivity index is 1.58. The predicted molar refractivity (Wildman–Crippen MR) is 122 cm³/mol. The SMILES string of the molecule is CC[C@@H](C)NC(=O)C1CCN(C(=O)c2cccc(NC(=O)c3ccc(Cl)cc3)c2)CC1. The summed E-state index contributed by atoms with van der Waals surface area (Å²) in [5.74, 6) is -0.339. The monoisotopic (exact) mass is 441 g/mol. The predicted octanol–water partition coefficient (Wildman–Crippen LogP) is 4.36. The Labute approximate surface area is 188 Å². The Morgan fingerprint density at radius 1 is 1.06 bits per heavy atom. The van der Waals surface area contributed by atoms with Crippen LogP contribution < -0.4 is 10.6 Å². The molecular weight excluding hydrogens is 414 g/mol. The van der Waals surface area contributed by atoms with Gasteiger partial charge in [0.05, 0.1) is 0 Å². The number of rotatable bonds is 6. The van der Waals surface area contributed by atoms with E-state index in [1.54, 1.807) is 53.4 Å². The average Bonchev–Trinajstić information content (AvgIpc) is 2.79. The number of carbonyl (C=O) groups is 3. The molecule has 3 rings (SSSR count). The first-order valence-corrected chi connectivity index (χ1v) is 11.0. The van der Waals surface area contributed by atoms with Gasteiger partial charge in [-0.25, -0.2) is 0 Å². The minimum Gasteiger partial charge on any atom is -0.353 e. The van der Waals surface area contributed by atoms with E-state index in [1.807, 2.05) is 13.8 Å². The number of benzene rings is 2. The van der Waals surface area contributed by atoms with Crippen molar-refractivity contribution in [3.05, 3.63) is 64.7 Å². The van der Waals surface area contributed by atoms with Gasteiger partial charge < -0.3 is 15.5 Å². The molecule has 0 bridgehead atoms. The van der Waals surface area contributed by atoms with Crippen LogP contribution in [0.25, 0.3) is 0 Å². The third-order valence-corrected chi connectivity index (χ3v) is 5.88. The van der Waals surface area contributed by atoms with Crippen molar-refractivity contribution in [2.45, 2.75) is 39.2 Å². The van der Waals surface area contributed by atoms with Crippen LogP contribution in [-0.2, 0) is 4.79 Å². The zero-order valence-corrected chi connectivity index (χ0v) is 18.6. The summed E-state index contributed by atoms with van der Waals surface area (Å²) in [6.07, 6.45) is 2.20. The maximum absolute atomic E-state index is 12.9. The molecule has 3 amide bonds. The van der Waals surface area contributed by atoms with Crippen molar-refractivity contribution in [2.75, 3.05) is 18.4 Å². The Bertz CT molecular complexity index is 937. The molecule has 1 fully saturated rings. The van der Waals surface area contributed by atoms with Gasteiger partial charge in [0.2, 0.25) is 5.91 Å². The summed E-state index contributed by atoms with van der Waals surface area (Å²) in [4.78, 5) is 39.5. The molecule has 0 aromatic heterocycles. The molecule has 7 heteroatoms. The zero-order chi connectivity index (χ0) is 22.4. The van der Waals surface area contributed by atoms with E-state index in [9.17, 15) is 14.4 Å². The van der Waals surface area contributed by atoms with E-state index in [0.717, 1.165) is 6.42 Å². The van der Waals surface area contributed by atoms with Crippen molar-refractivity contribution < 1.29 is 14.4 Å². The number of hydrogen-bond acceptors (Lipinski definition) is 3. The van der Waals surface area contributed by atoms with Crippen LogP contribution in [0.1, 0.15) is 53.8 Å². The van der Waals surface area contributed by atoms with Gasteiger partial charge in [0.25, 0.3) is 11.8 Å². The van der Waals surface area contributed by atoms with Crippen molar-refractivity contribution in [2.24, 2.45) is 5.92 Å². The second kappa shape index (κ2) is 10.4. The first-order chi connectivity index (χ1) is 14.9. The fourth-order valence-corrected chi connectivity index (χ4v) is 3.65. The number of piperidine rings is 1. The van der Waals surface area contributed by atoms with E-state index in [4.69, 9.17) is 11.6 Å². The van der Waals surface area contributed by atoms with Gasteiger partial charge >= 0.3 is 0 Å². The summed E-state index contributed by atoms with van der Waals surface area (Å²) in [5.41, 5.74) is 1.55. The highest BCUT2D eigenvalue weighted by Gasteiger charge is 2.28. The van der Waals surface area contributed by atoms with Crippen LogP contribution in [0.15, 0.2) is 48.5 Å². The van der Waals surface area contributed by atoms with Gasteiger partial charge in [-0.1, -0.05) is 24.6 Å². The molecule has 164 valence electrons. The minimum atomic E-state index is -0.269. The zero-order valence-electron chi connectivity index (χ0n) is 17.9. The average molecular weight is 442 g/mol. The highest BCUT2D eigenvalue weighted by molar-refractivity contribution is 6.30. The summed E-state index contributed by atoms with van der Waals surface area (Å²) >= 11 is 5.86. The third kappa shape index (κ3) is 6.07. The number of carbonyl (C=O) groups excluding carboxylic acids is 3. The fourth-order valence-electron chi connectivity index (χ4n) is 3.52. The van der Waals surface area contributed by atoms with Gasteiger partial charge in [-0.2, -0.15) is 0 Å². The van der Waals surface area contributed by atoms with Crippen LogP contribution >= 0.6 is 11.6 Å². The number of halogens is 1. The molecule has 0 unspecified atom stereocenters. The van der Waals surface area contributed by atoms with Crippen molar-refractivity contribution in [3.63, 3.8) is 0 Å². The lowest BCUT2D eigenvalue weighted by atomic mass is 9.95. The molecule has 2 N–H and O–H groups in total. The first-order valence-electron chi connectivity index (χ1n) is 10.6. The summed E-state index contributed by atoms with van der Waals surface area (Å²) < 4.78 is 0. The molecule has 2 aromatic carbocycles. The molecule has 0 radical (unpaired) electrons. The minimum absolute atomic E-state index is 0.0527. The number of nitrogens with one attached hydrogen (secondary N) is 2. The molecule has 1 heterocycles. The van der Waals surface area contributed by atoms with Crippen LogP contribution in [0.4, 0.5) is 5.69 Å². The highest BCUT2D eigenvalue weighted by Crippen LogP contribution is 2.21. The fraction of sp³-hybridized carbons (Fsp3) is 0.375. The van der Waals surface area contributed by atoms with E-state index < -0.39 is 0 Å². The molecule has 6 nitrogen and oxygen atoms in total. The molecule has 1 aliphatic rings. The van der Waals surface area contributed by atoms with Crippen molar-refractivity contribution in [1.29, 1.82) is 0 Å². The second-order valence-electron chi connectivity index (χ2n) is 7.93. The number of amides is 3. The number of hydrogen-bond donors (Lipinski definition) is 2. The Hall–Kier alpha value is -2.86. The van der Waals surface area contributed by atoms with E-state index in [2.05, 4.69) is 10.6 Å². The van der Waals surface area contributed by atoms with E-state index in [1.165, 1.54) is 0 Å². The maximum Gasteiger partial charge on any atom is 0.255 e. The third-order valence-electron chi connectivity index (χ3n) is 5.63. The lowest BCUT2D eigenvalue weighted by Crippen LogP contribution is -2.44. The standard InChI is InChI=1S/C24H28ClN3O3/c1-3-16(2)26-22(29)18-11-13-28(14-12-18)24(31)19-5-4-6-21(15-19)27-23(30)17-7-9-20(25)10-8-17/h4-10,15-16,18H,3,11-14H2,1-2H3,(H,26,29)(H,27,30)/t16-/m1/s1. The molecule has 0 saturated carbocycles. The molecule has 0 aliphatic carbocycles. The van der Waals surface area contributed by atoms with Crippen molar-refractivity contribution in [1.82, 2.24) is 10.2 Å². The molecule has 31 heavy (non-hydrogen) atoms. The Kier molecular flexibility index (Phi) is 7.69. The molecular formula is C24H28ClN3O3. The first kappa shape index (κ1) is 22.8. The van der Waals surface area contributed by atoms with E-state index in [0.29, 0.717) is 47.8 Å². The Morgan fingerprint density at radius 2 is 1.74 bits per heavy atom. The van der Waals surface area contributed by atoms with Crippen LogP contribution in [0.3, 0.4) is 0 Å². The van der Waals surface area contributed by atoms with Gasteiger partial charge in [0.1, 0.15) is 0 Å². The molecule has 1 aliphatic heterocycles. The maximum atomic E-state index is 12.9. The van der Waals surface area contributed by atoms with Gasteiger partial charge in [0, 0.05) is 46.9 Å². The van der Waals surface area contributed by atoms with Gasteiger partial charge in [-0.3, -0.25) is 14.4 Å². The summed E-state index contributed by atoms with van der Waals surface area (Å²) in [6, 6.07) is 13.7. The molecule has 0 spiro atoms. The number of likely N-dealkylation sites (tertiary alicyclic amines) is 1. The van der Waals surface area contributed by atoms with E-state index >= 15 is 0 Å². The lowest BCUT2D eigenvalue weighted by molar-refractivity contribution is -0.126. The lowest BCUT2D eigenvalue weighted by Gasteiger charge is -2.32. The van der Waals surface area contributed by atoms with Gasteiger partial charge in [-0.05, 0) is 68.7 Å². The second-order valence-corrected chi connectivity index (χ2v) is 8.36. The smallest absolute Gasteiger partial charge is 0.255 e. The van der Waals surface area contributed by atoms with Crippen LogP contribution in [0.5, 0.6) is 0 Å². The van der Waals surface area contributed by atoms with Crippen LogP contribution in [-0.4, -0.2) is 41.8 Å². The van der Waals surface area contributed by atoms with Crippen LogP contribution in [0, 0.1) is 5.92 Å². The topological polar surface area (TPSA) is 78.5 Å². The molecule has 2 aromatic rings. The van der Waals surface area contributed by atoms with Crippen LogP contribution in [0.2, 0.25) is 5.02 Å². The summed E-state index contributed by atoms with van der Waals surface area (Å²) in [5, 5.41) is 6.40. The molecule has 1 atom stereocenters. The van der Waals surface area contributed by atoms with Crippen molar-refractivity contribution >= 4 is 35.0 Å². The normalized spacial score (nSPS) is 15.3. The molecule has 1 saturated heterocycles.